The highest BCUT2D eigenvalue weighted by atomic mass is 16.6. The van der Waals surface area contributed by atoms with Crippen molar-refractivity contribution in [3.63, 3.8) is 0 Å². The molecule has 1 aliphatic carbocycles. The molecule has 1 saturated carbocycles. The molecular formula is C21H40N2O3. The molecular weight excluding hydrogens is 328 g/mol. The van der Waals surface area contributed by atoms with Gasteiger partial charge in [0.15, 0.2) is 0 Å². The number of carbonyl (C=O) groups is 1. The number of amides is 1. The smallest absolute Gasteiger partial charge is 0.409 e. The predicted octanol–water partition coefficient (Wildman–Crippen LogP) is 4.30. The van der Waals surface area contributed by atoms with Gasteiger partial charge in [0.2, 0.25) is 0 Å². The molecule has 26 heavy (non-hydrogen) atoms. The van der Waals surface area contributed by atoms with Crippen LogP contribution in [0.25, 0.3) is 0 Å². The highest BCUT2D eigenvalue weighted by Gasteiger charge is 2.28. The first kappa shape index (κ1) is 21.5. The van der Waals surface area contributed by atoms with E-state index < -0.39 is 0 Å². The summed E-state index contributed by atoms with van der Waals surface area (Å²) in [6.45, 7) is 10.6. The van der Waals surface area contributed by atoms with Crippen LogP contribution in [0.4, 0.5) is 4.79 Å². The molecule has 0 N–H and O–H groups in total. The fourth-order valence-electron chi connectivity index (χ4n) is 4.06. The summed E-state index contributed by atoms with van der Waals surface area (Å²) in [4.78, 5) is 16.5. The van der Waals surface area contributed by atoms with Crippen molar-refractivity contribution in [2.45, 2.75) is 90.4 Å². The summed E-state index contributed by atoms with van der Waals surface area (Å²) < 4.78 is 11.6. The molecule has 0 bridgehead atoms. The first-order valence-corrected chi connectivity index (χ1v) is 10.7. The highest BCUT2D eigenvalue weighted by Crippen LogP contribution is 2.26. The Morgan fingerprint density at radius 2 is 1.77 bits per heavy atom. The molecule has 0 radical (unpaired) electrons. The third-order valence-electron chi connectivity index (χ3n) is 5.73. The molecule has 1 unspecified atom stereocenters. The van der Waals surface area contributed by atoms with Gasteiger partial charge in [0.1, 0.15) is 0 Å². The molecule has 5 nitrogen and oxygen atoms in total. The van der Waals surface area contributed by atoms with Crippen molar-refractivity contribution in [1.29, 1.82) is 0 Å². The van der Waals surface area contributed by atoms with Crippen LogP contribution < -0.4 is 0 Å². The maximum absolute atomic E-state index is 12.1. The molecule has 0 spiro atoms. The number of hydrogen-bond acceptors (Lipinski definition) is 4. The van der Waals surface area contributed by atoms with E-state index >= 15 is 0 Å². The molecule has 1 amide bonds. The van der Waals surface area contributed by atoms with Gasteiger partial charge in [0, 0.05) is 13.1 Å². The first-order chi connectivity index (χ1) is 12.5. The minimum absolute atomic E-state index is 0.182. The summed E-state index contributed by atoms with van der Waals surface area (Å²) in [5, 5.41) is 0. The fraction of sp³-hybridized carbons (Fsp3) is 0.952. The van der Waals surface area contributed by atoms with Crippen molar-refractivity contribution in [3.8, 4) is 0 Å². The molecule has 0 aromatic carbocycles. The van der Waals surface area contributed by atoms with Crippen LogP contribution in [0.2, 0.25) is 0 Å². The van der Waals surface area contributed by atoms with Crippen LogP contribution in [-0.2, 0) is 9.47 Å². The number of ether oxygens (including phenoxy) is 2. The Morgan fingerprint density at radius 3 is 2.38 bits per heavy atom. The molecule has 1 heterocycles. The Hall–Kier alpha value is -0.810. The minimum atomic E-state index is -0.182. The Morgan fingerprint density at radius 1 is 1.12 bits per heavy atom. The Balaban J connectivity index is 1.58. The van der Waals surface area contributed by atoms with E-state index in [-0.39, 0.29) is 6.09 Å². The van der Waals surface area contributed by atoms with E-state index in [4.69, 9.17) is 9.47 Å². The summed E-state index contributed by atoms with van der Waals surface area (Å²) >= 11 is 0. The quantitative estimate of drug-likeness (QED) is 0.608. The van der Waals surface area contributed by atoms with Gasteiger partial charge in [-0.05, 0) is 83.8 Å². The van der Waals surface area contributed by atoms with Crippen molar-refractivity contribution < 1.29 is 14.3 Å². The third kappa shape index (κ3) is 7.43. The topological polar surface area (TPSA) is 42.0 Å². The lowest BCUT2D eigenvalue weighted by Crippen LogP contribution is -2.41. The zero-order chi connectivity index (χ0) is 18.9. The van der Waals surface area contributed by atoms with E-state index in [0.29, 0.717) is 30.8 Å². The summed E-state index contributed by atoms with van der Waals surface area (Å²) in [6, 6.07) is 0.292. The molecule has 0 aromatic rings. The summed E-state index contributed by atoms with van der Waals surface area (Å²) in [5.41, 5.74) is 0. The highest BCUT2D eigenvalue weighted by molar-refractivity contribution is 5.67. The molecule has 1 aliphatic heterocycles. The first-order valence-electron chi connectivity index (χ1n) is 10.7. The standard InChI is InChI=1S/C21H40N2O3/c1-17(2)16-25-21(24)22(4)19-9-11-20(12-10-19)26-18(3)8-7-15-23-13-5-6-14-23/h17-20H,5-16H2,1-4H3. The minimum Gasteiger partial charge on any atom is -0.449 e. The lowest BCUT2D eigenvalue weighted by molar-refractivity contribution is -0.0361. The fourth-order valence-corrected chi connectivity index (χ4v) is 4.06. The second-order valence-electron chi connectivity index (χ2n) is 8.65. The number of likely N-dealkylation sites (tertiary alicyclic amines) is 1. The molecule has 2 aliphatic rings. The maximum atomic E-state index is 12.1. The van der Waals surface area contributed by atoms with Crippen LogP contribution in [0.1, 0.15) is 72.1 Å². The van der Waals surface area contributed by atoms with Crippen LogP contribution >= 0.6 is 0 Å². The monoisotopic (exact) mass is 368 g/mol. The summed E-state index contributed by atoms with van der Waals surface area (Å²) in [6.07, 6.45) is 9.75. The van der Waals surface area contributed by atoms with Crippen molar-refractivity contribution in [2.75, 3.05) is 33.3 Å². The average molecular weight is 369 g/mol. The number of carbonyl (C=O) groups excluding carboxylic acids is 1. The van der Waals surface area contributed by atoms with Crippen LogP contribution in [-0.4, -0.2) is 67.4 Å². The van der Waals surface area contributed by atoms with Gasteiger partial charge in [-0.25, -0.2) is 4.79 Å². The number of rotatable bonds is 9. The van der Waals surface area contributed by atoms with E-state index in [2.05, 4.69) is 25.7 Å². The second-order valence-corrected chi connectivity index (χ2v) is 8.65. The largest absolute Gasteiger partial charge is 0.449 e. The zero-order valence-corrected chi connectivity index (χ0v) is 17.4. The molecule has 2 fully saturated rings. The molecule has 152 valence electrons. The van der Waals surface area contributed by atoms with Crippen LogP contribution in [0.5, 0.6) is 0 Å². The van der Waals surface area contributed by atoms with E-state index in [1.165, 1.54) is 38.9 Å². The molecule has 5 heteroatoms. The number of hydrogen-bond donors (Lipinski definition) is 0. The van der Waals surface area contributed by atoms with Crippen molar-refractivity contribution in [1.82, 2.24) is 9.80 Å². The molecule has 0 aromatic heterocycles. The number of nitrogens with zero attached hydrogens (tertiary/aromatic N) is 2. The van der Waals surface area contributed by atoms with Crippen molar-refractivity contribution >= 4 is 6.09 Å². The van der Waals surface area contributed by atoms with E-state index in [0.717, 1.165) is 32.1 Å². The Bertz CT molecular complexity index is 402. The molecule has 2 rings (SSSR count). The Labute approximate surface area is 160 Å². The SMILES string of the molecule is CC(C)COC(=O)N(C)C1CCC(OC(C)CCCN2CCCC2)CC1. The summed E-state index contributed by atoms with van der Waals surface area (Å²) in [5.74, 6) is 0.378. The van der Waals surface area contributed by atoms with Gasteiger partial charge in [0.05, 0.1) is 18.8 Å². The maximum Gasteiger partial charge on any atom is 0.409 e. The molecule has 1 saturated heterocycles. The average Bonchev–Trinajstić information content (AvgIpc) is 3.13. The lowest BCUT2D eigenvalue weighted by Gasteiger charge is -2.35. The van der Waals surface area contributed by atoms with E-state index in [1.54, 1.807) is 4.90 Å². The van der Waals surface area contributed by atoms with E-state index in [1.807, 2.05) is 7.05 Å². The van der Waals surface area contributed by atoms with Gasteiger partial charge in [0.25, 0.3) is 0 Å². The normalized spacial score (nSPS) is 25.4. The second kappa shape index (κ2) is 11.1. The van der Waals surface area contributed by atoms with Crippen LogP contribution in [0.15, 0.2) is 0 Å². The van der Waals surface area contributed by atoms with Crippen molar-refractivity contribution in [3.05, 3.63) is 0 Å². The van der Waals surface area contributed by atoms with Gasteiger partial charge in [-0.3, -0.25) is 0 Å². The van der Waals surface area contributed by atoms with Gasteiger partial charge in [-0.2, -0.15) is 0 Å². The van der Waals surface area contributed by atoms with Crippen LogP contribution in [0.3, 0.4) is 0 Å². The molecule has 1 atom stereocenters. The van der Waals surface area contributed by atoms with Gasteiger partial charge in [-0.1, -0.05) is 13.8 Å². The summed E-state index contributed by atoms with van der Waals surface area (Å²) in [7, 11) is 1.87. The third-order valence-corrected chi connectivity index (χ3v) is 5.73. The zero-order valence-electron chi connectivity index (χ0n) is 17.4. The lowest BCUT2D eigenvalue weighted by atomic mass is 9.92. The Kier molecular flexibility index (Phi) is 9.20. The van der Waals surface area contributed by atoms with Gasteiger partial charge < -0.3 is 19.3 Å². The van der Waals surface area contributed by atoms with Crippen LogP contribution in [0, 0.1) is 5.92 Å². The predicted molar refractivity (Wildman–Crippen MR) is 105 cm³/mol. The van der Waals surface area contributed by atoms with E-state index in [9.17, 15) is 4.79 Å². The van der Waals surface area contributed by atoms with Gasteiger partial charge in [-0.15, -0.1) is 0 Å². The van der Waals surface area contributed by atoms with Gasteiger partial charge >= 0.3 is 6.09 Å². The van der Waals surface area contributed by atoms with Crippen molar-refractivity contribution in [2.24, 2.45) is 5.92 Å².